The predicted molar refractivity (Wildman–Crippen MR) is 60.3 cm³/mol. The molecule has 0 radical (unpaired) electrons. The van der Waals surface area contributed by atoms with Crippen molar-refractivity contribution in [1.29, 1.82) is 0 Å². The largest absolute Gasteiger partial charge is 0.465 e. The van der Waals surface area contributed by atoms with Crippen molar-refractivity contribution in [2.45, 2.75) is 4.90 Å². The molecule has 0 aliphatic rings. The third kappa shape index (κ3) is 2.45. The molecule has 7 heteroatoms. The predicted octanol–water partition coefficient (Wildman–Crippen LogP) is 1.11. The van der Waals surface area contributed by atoms with Gasteiger partial charge in [0.15, 0.2) is 9.84 Å². The molecule has 0 aromatic heterocycles. The molecule has 2 N–H and O–H groups in total. The first-order valence-corrected chi connectivity index (χ1v) is 6.41. The second-order valence-electron chi connectivity index (χ2n) is 3.13. The molecular formula is C9H10ClNO4S. The number of nitrogens with two attached hydrogens (primary N) is 1. The number of anilines is 1. The number of carbonyl (C=O) groups excluding carboxylic acids is 1. The number of nitrogen functional groups attached to an aromatic ring is 1. The molecule has 0 saturated carbocycles. The van der Waals surface area contributed by atoms with Crippen LogP contribution in [0.2, 0.25) is 5.02 Å². The molecule has 0 unspecified atom stereocenters. The van der Waals surface area contributed by atoms with E-state index in [1.165, 1.54) is 13.2 Å². The molecule has 5 nitrogen and oxygen atoms in total. The summed E-state index contributed by atoms with van der Waals surface area (Å²) < 4.78 is 27.2. The van der Waals surface area contributed by atoms with Gasteiger partial charge in [-0.1, -0.05) is 11.6 Å². The number of sulfone groups is 1. The van der Waals surface area contributed by atoms with E-state index < -0.39 is 15.8 Å². The monoisotopic (exact) mass is 263 g/mol. The molecule has 0 heterocycles. The molecule has 16 heavy (non-hydrogen) atoms. The number of ether oxygens (including phenoxy) is 1. The quantitative estimate of drug-likeness (QED) is 0.638. The fourth-order valence-electron chi connectivity index (χ4n) is 1.14. The van der Waals surface area contributed by atoms with Crippen LogP contribution in [0.1, 0.15) is 10.4 Å². The van der Waals surface area contributed by atoms with Crippen molar-refractivity contribution < 1.29 is 17.9 Å². The normalized spacial score (nSPS) is 11.2. The standard InChI is InChI=1S/C9H10ClNO4S/c1-15-9(12)5-3-8(16(2,13)14)6(10)4-7(5)11/h3-4H,11H2,1-2H3. The highest BCUT2D eigenvalue weighted by Gasteiger charge is 2.19. The Bertz CT molecular complexity index is 539. The highest BCUT2D eigenvalue weighted by Crippen LogP contribution is 2.27. The first-order valence-electron chi connectivity index (χ1n) is 4.14. The van der Waals surface area contributed by atoms with Gasteiger partial charge in [0.1, 0.15) is 0 Å². The van der Waals surface area contributed by atoms with Crippen LogP contribution in [-0.2, 0) is 14.6 Å². The van der Waals surface area contributed by atoms with Crippen molar-refractivity contribution in [2.24, 2.45) is 0 Å². The fraction of sp³-hybridized carbons (Fsp3) is 0.222. The van der Waals surface area contributed by atoms with Crippen LogP contribution in [0.25, 0.3) is 0 Å². The number of esters is 1. The van der Waals surface area contributed by atoms with E-state index in [0.29, 0.717) is 0 Å². The summed E-state index contributed by atoms with van der Waals surface area (Å²) >= 11 is 5.72. The maximum Gasteiger partial charge on any atom is 0.339 e. The molecule has 0 atom stereocenters. The number of rotatable bonds is 2. The van der Waals surface area contributed by atoms with E-state index in [1.54, 1.807) is 0 Å². The van der Waals surface area contributed by atoms with Crippen molar-refractivity contribution in [1.82, 2.24) is 0 Å². The second kappa shape index (κ2) is 4.31. The van der Waals surface area contributed by atoms with E-state index in [2.05, 4.69) is 4.74 Å². The molecule has 0 bridgehead atoms. The zero-order chi connectivity index (χ0) is 12.5. The van der Waals surface area contributed by atoms with E-state index in [4.69, 9.17) is 17.3 Å². The van der Waals surface area contributed by atoms with Gasteiger partial charge >= 0.3 is 5.97 Å². The summed E-state index contributed by atoms with van der Waals surface area (Å²) in [6, 6.07) is 2.32. The lowest BCUT2D eigenvalue weighted by atomic mass is 10.2. The van der Waals surface area contributed by atoms with E-state index in [-0.39, 0.29) is 21.2 Å². The van der Waals surface area contributed by atoms with Crippen LogP contribution < -0.4 is 5.73 Å². The summed E-state index contributed by atoms with van der Waals surface area (Å²) in [5.74, 6) is -0.709. The lowest BCUT2D eigenvalue weighted by Crippen LogP contribution is -2.08. The Morgan fingerprint density at radius 2 is 2.00 bits per heavy atom. The second-order valence-corrected chi connectivity index (χ2v) is 5.52. The number of hydrogen-bond donors (Lipinski definition) is 1. The summed E-state index contributed by atoms with van der Waals surface area (Å²) in [5, 5.41) is -0.0207. The molecule has 0 saturated heterocycles. The number of halogens is 1. The summed E-state index contributed by atoms with van der Waals surface area (Å²) in [4.78, 5) is 11.1. The molecule has 1 aromatic carbocycles. The molecule has 0 amide bonds. The van der Waals surface area contributed by atoms with Gasteiger partial charge in [-0.2, -0.15) is 0 Å². The van der Waals surface area contributed by atoms with Gasteiger partial charge in [0.05, 0.1) is 22.6 Å². The van der Waals surface area contributed by atoms with Crippen LogP contribution in [0.5, 0.6) is 0 Å². The van der Waals surface area contributed by atoms with Crippen molar-refractivity contribution in [2.75, 3.05) is 19.1 Å². The van der Waals surface area contributed by atoms with E-state index in [0.717, 1.165) is 12.3 Å². The Labute approximate surface area is 98.1 Å². The van der Waals surface area contributed by atoms with E-state index in [9.17, 15) is 13.2 Å². The summed E-state index contributed by atoms with van der Waals surface area (Å²) in [7, 11) is -2.33. The van der Waals surface area contributed by atoms with Crippen molar-refractivity contribution in [3.63, 3.8) is 0 Å². The maximum atomic E-state index is 11.4. The molecule has 88 valence electrons. The van der Waals surface area contributed by atoms with Crippen LogP contribution in [0.3, 0.4) is 0 Å². The average Bonchev–Trinajstić information content (AvgIpc) is 2.14. The first-order chi connectivity index (χ1) is 7.27. The first kappa shape index (κ1) is 12.8. The van der Waals surface area contributed by atoms with Crippen LogP contribution in [0.15, 0.2) is 17.0 Å². The highest BCUT2D eigenvalue weighted by molar-refractivity contribution is 7.90. The molecule has 0 spiro atoms. The van der Waals surface area contributed by atoms with Gasteiger partial charge in [0.2, 0.25) is 0 Å². The Hall–Kier alpha value is -1.27. The number of benzene rings is 1. The Kier molecular flexibility index (Phi) is 3.44. The molecular weight excluding hydrogens is 254 g/mol. The number of methoxy groups -OCH3 is 1. The lowest BCUT2D eigenvalue weighted by molar-refractivity contribution is 0.0601. The number of carbonyl (C=O) groups is 1. The van der Waals surface area contributed by atoms with E-state index in [1.807, 2.05) is 0 Å². The van der Waals surface area contributed by atoms with Crippen LogP contribution >= 0.6 is 11.6 Å². The minimum absolute atomic E-state index is 0.0207. The molecule has 0 aliphatic carbocycles. The smallest absolute Gasteiger partial charge is 0.339 e. The average molecular weight is 264 g/mol. The fourth-order valence-corrected chi connectivity index (χ4v) is 2.48. The molecule has 0 fully saturated rings. The maximum absolute atomic E-state index is 11.4. The summed E-state index contributed by atoms with van der Waals surface area (Å²) in [6.07, 6.45) is 0.992. The topological polar surface area (TPSA) is 86.5 Å². The Morgan fingerprint density at radius 3 is 2.44 bits per heavy atom. The van der Waals surface area contributed by atoms with Crippen molar-refractivity contribution in [3.8, 4) is 0 Å². The minimum atomic E-state index is -3.51. The SMILES string of the molecule is COC(=O)c1cc(S(C)(=O)=O)c(Cl)cc1N. The third-order valence-electron chi connectivity index (χ3n) is 1.91. The van der Waals surface area contributed by atoms with Gasteiger partial charge in [0, 0.05) is 11.9 Å². The molecule has 1 rings (SSSR count). The zero-order valence-corrected chi connectivity index (χ0v) is 10.2. The van der Waals surface area contributed by atoms with Gasteiger partial charge in [-0.15, -0.1) is 0 Å². The van der Waals surface area contributed by atoms with Crippen molar-refractivity contribution >= 4 is 33.1 Å². The lowest BCUT2D eigenvalue weighted by Gasteiger charge is -2.07. The highest BCUT2D eigenvalue weighted by atomic mass is 35.5. The summed E-state index contributed by atoms with van der Waals surface area (Å²) in [5.41, 5.74) is 5.58. The zero-order valence-electron chi connectivity index (χ0n) is 8.65. The van der Waals surface area contributed by atoms with Gasteiger partial charge in [0.25, 0.3) is 0 Å². The van der Waals surface area contributed by atoms with E-state index >= 15 is 0 Å². The third-order valence-corrected chi connectivity index (χ3v) is 3.47. The van der Waals surface area contributed by atoms with Gasteiger partial charge in [-0.3, -0.25) is 0 Å². The Balaban J connectivity index is 3.51. The minimum Gasteiger partial charge on any atom is -0.465 e. The van der Waals surface area contributed by atoms with Gasteiger partial charge < -0.3 is 10.5 Å². The van der Waals surface area contributed by atoms with Crippen LogP contribution in [-0.4, -0.2) is 27.8 Å². The van der Waals surface area contributed by atoms with Gasteiger partial charge in [-0.25, -0.2) is 13.2 Å². The summed E-state index contributed by atoms with van der Waals surface area (Å²) in [6.45, 7) is 0. The van der Waals surface area contributed by atoms with Crippen molar-refractivity contribution in [3.05, 3.63) is 22.7 Å². The van der Waals surface area contributed by atoms with Crippen LogP contribution in [0, 0.1) is 0 Å². The van der Waals surface area contributed by atoms with Crippen LogP contribution in [0.4, 0.5) is 5.69 Å². The molecule has 0 aliphatic heterocycles. The molecule has 1 aromatic rings. The number of hydrogen-bond acceptors (Lipinski definition) is 5. The van der Waals surface area contributed by atoms with Gasteiger partial charge in [-0.05, 0) is 12.1 Å². The Morgan fingerprint density at radius 1 is 1.44 bits per heavy atom.